The third-order valence-electron chi connectivity index (χ3n) is 13.4. The van der Waals surface area contributed by atoms with Crippen LogP contribution in [0.5, 0.6) is 23.0 Å². The van der Waals surface area contributed by atoms with Crippen LogP contribution in [0.15, 0.2) is 60.7 Å². The van der Waals surface area contributed by atoms with Gasteiger partial charge in [0.25, 0.3) is 0 Å². The van der Waals surface area contributed by atoms with Crippen LogP contribution >= 0.6 is 0 Å². The van der Waals surface area contributed by atoms with Crippen molar-refractivity contribution in [2.45, 2.75) is 38.5 Å². The summed E-state index contributed by atoms with van der Waals surface area (Å²) in [6.45, 7) is 1.49. The Balaban J connectivity index is 0.971. The van der Waals surface area contributed by atoms with Crippen molar-refractivity contribution < 1.29 is 38.0 Å². The number of benzene rings is 2. The Morgan fingerprint density at radius 1 is 0.500 bits per heavy atom. The predicted molar refractivity (Wildman–Crippen MR) is 173 cm³/mol. The van der Waals surface area contributed by atoms with Gasteiger partial charge in [0.15, 0.2) is 23.0 Å². The number of ether oxygens (including phenoxy) is 6. The number of fused-ring (bicyclic) bond motifs is 2. The molecule has 12 atom stereocenters. The minimum absolute atomic E-state index is 0.152. The summed E-state index contributed by atoms with van der Waals surface area (Å²) >= 11 is 0. The lowest BCUT2D eigenvalue weighted by molar-refractivity contribution is -0.206. The van der Waals surface area contributed by atoms with Gasteiger partial charge in [0.1, 0.15) is 0 Å². The Bertz CT molecular complexity index is 1700. The number of allylic oxidation sites excluding steroid dienone is 4. The molecule has 2 aromatic carbocycles. The molecular formula is C40H42O8. The van der Waals surface area contributed by atoms with E-state index < -0.39 is 0 Å². The summed E-state index contributed by atoms with van der Waals surface area (Å²) in [7, 11) is 0. The second-order valence-electron chi connectivity index (χ2n) is 15.4. The molecule has 9 aliphatic rings. The maximum Gasteiger partial charge on any atom is 0.305 e. The molecule has 0 aromatic heterocycles. The van der Waals surface area contributed by atoms with Crippen LogP contribution < -0.4 is 18.9 Å². The lowest BCUT2D eigenvalue weighted by Gasteiger charge is -2.70. The van der Waals surface area contributed by atoms with E-state index in [4.69, 9.17) is 28.4 Å². The van der Waals surface area contributed by atoms with Gasteiger partial charge in [-0.2, -0.15) is 0 Å². The molecule has 0 radical (unpaired) electrons. The zero-order valence-corrected chi connectivity index (χ0v) is 27.0. The summed E-state index contributed by atoms with van der Waals surface area (Å²) in [5.74, 6) is 8.25. The SMILES string of the molecule is O=C1CCCCC(=O)OC[C@H]2[C@H](Cc3ccc4c(c3)OCO4)[C@@H]3C=C[C@H]4[C@@H]5C=C[C@H]([C@H]4[C@@H]32)[C@H]2[C@H](CO1)[C@@H](Cc1ccc3c(c1)OCO3)[C@@H]52. The van der Waals surface area contributed by atoms with Gasteiger partial charge < -0.3 is 28.4 Å². The number of cyclic esters (lactones) is 2. The van der Waals surface area contributed by atoms with E-state index in [2.05, 4.69) is 48.6 Å². The van der Waals surface area contributed by atoms with Crippen LogP contribution in [-0.2, 0) is 31.9 Å². The minimum Gasteiger partial charge on any atom is -0.465 e. The first-order chi connectivity index (χ1) is 23.6. The standard InChI is InChI=1S/C40H42O8/c41-35-3-1-2-4-36(42)44-18-30-28(14-22-6-12-32-34(16-22)48-20-46-32)38-24-9-10-26(40(30)38)37-23(24)7-8-25-27(29(17-43-35)39(25)37)13-21-5-11-31-33(15-21)47-19-45-31/h5-12,15-16,23-30,37-40H,1-4,13-14,17-20H2/t23-,24-,25-,26+,27+,28+,29-,30+,37-,38+,39-,40-/m0/s1. The molecule has 8 heteroatoms. The van der Waals surface area contributed by atoms with E-state index in [1.807, 2.05) is 12.1 Å². The molecule has 2 aromatic rings. The van der Waals surface area contributed by atoms with Crippen molar-refractivity contribution in [1.82, 2.24) is 0 Å². The highest BCUT2D eigenvalue weighted by Crippen LogP contribution is 2.71. The number of hydrogen-bond donors (Lipinski definition) is 0. The molecule has 11 rings (SSSR count). The van der Waals surface area contributed by atoms with Gasteiger partial charge in [0.05, 0.1) is 13.2 Å². The van der Waals surface area contributed by atoms with Crippen molar-refractivity contribution in [2.75, 3.05) is 26.8 Å². The maximum absolute atomic E-state index is 12.9. The van der Waals surface area contributed by atoms with Crippen molar-refractivity contribution in [3.05, 3.63) is 71.8 Å². The molecule has 4 fully saturated rings. The number of carbonyl (C=O) groups excluding carboxylic acids is 2. The molecule has 0 unspecified atom stereocenters. The molecule has 4 bridgehead atoms. The molecule has 8 nitrogen and oxygen atoms in total. The van der Waals surface area contributed by atoms with Crippen LogP contribution in [0.25, 0.3) is 0 Å². The van der Waals surface area contributed by atoms with Crippen molar-refractivity contribution in [3.63, 3.8) is 0 Å². The lowest BCUT2D eigenvalue weighted by Crippen LogP contribution is -2.68. The second-order valence-corrected chi connectivity index (χ2v) is 15.4. The van der Waals surface area contributed by atoms with E-state index >= 15 is 0 Å². The first-order valence-corrected chi connectivity index (χ1v) is 18.1. The molecule has 3 saturated carbocycles. The Morgan fingerprint density at radius 2 is 1.00 bits per heavy atom. The average Bonchev–Trinajstić information content (AvgIpc) is 3.76. The number of rotatable bonds is 4. The Morgan fingerprint density at radius 3 is 1.65 bits per heavy atom. The predicted octanol–water partition coefficient (Wildman–Crippen LogP) is 6.16. The zero-order valence-electron chi connectivity index (χ0n) is 27.0. The summed E-state index contributed by atoms with van der Waals surface area (Å²) in [4.78, 5) is 25.8. The molecule has 3 heterocycles. The molecule has 48 heavy (non-hydrogen) atoms. The molecule has 0 N–H and O–H groups in total. The van der Waals surface area contributed by atoms with Crippen LogP contribution in [0, 0.1) is 71.0 Å². The van der Waals surface area contributed by atoms with E-state index in [1.54, 1.807) is 0 Å². The maximum atomic E-state index is 12.9. The second kappa shape index (κ2) is 11.3. The third kappa shape index (κ3) is 4.53. The summed E-state index contributed by atoms with van der Waals surface area (Å²) < 4.78 is 34.7. The van der Waals surface area contributed by atoms with Gasteiger partial charge in [-0.1, -0.05) is 36.4 Å². The van der Waals surface area contributed by atoms with Crippen molar-refractivity contribution >= 4 is 11.9 Å². The molecule has 0 spiro atoms. The Kier molecular flexibility index (Phi) is 6.84. The lowest BCUT2D eigenvalue weighted by atomic mass is 9.34. The summed E-state index contributed by atoms with van der Waals surface area (Å²) in [6, 6.07) is 12.7. The van der Waals surface area contributed by atoms with E-state index in [-0.39, 0.29) is 25.5 Å². The van der Waals surface area contributed by atoms with Crippen LogP contribution in [0.3, 0.4) is 0 Å². The highest BCUT2D eigenvalue weighted by Gasteiger charge is 2.68. The fourth-order valence-corrected chi connectivity index (χ4v) is 11.5. The normalized spacial score (nSPS) is 39.7. The molecule has 3 aliphatic heterocycles. The monoisotopic (exact) mass is 650 g/mol. The highest BCUT2D eigenvalue weighted by molar-refractivity contribution is 5.70. The summed E-state index contributed by atoms with van der Waals surface area (Å²) in [6.07, 6.45) is 13.9. The topological polar surface area (TPSA) is 89.5 Å². The van der Waals surface area contributed by atoms with Crippen LogP contribution in [-0.4, -0.2) is 38.7 Å². The number of esters is 2. The quantitative estimate of drug-likeness (QED) is 0.287. The van der Waals surface area contributed by atoms with E-state index in [9.17, 15) is 9.59 Å². The zero-order chi connectivity index (χ0) is 31.9. The minimum atomic E-state index is -0.154. The fraction of sp³-hybridized carbons (Fsp3) is 0.550. The molecule has 250 valence electrons. The number of carbonyl (C=O) groups is 2. The molecule has 0 amide bonds. The Hall–Kier alpha value is -3.94. The summed E-state index contributed by atoms with van der Waals surface area (Å²) in [5, 5.41) is 0. The fourth-order valence-electron chi connectivity index (χ4n) is 11.5. The smallest absolute Gasteiger partial charge is 0.305 e. The number of hydrogen-bond acceptors (Lipinski definition) is 8. The van der Waals surface area contributed by atoms with Gasteiger partial charge in [-0.15, -0.1) is 0 Å². The molecular weight excluding hydrogens is 608 g/mol. The van der Waals surface area contributed by atoms with E-state index in [0.29, 0.717) is 110 Å². The van der Waals surface area contributed by atoms with E-state index in [1.165, 1.54) is 11.1 Å². The van der Waals surface area contributed by atoms with Crippen molar-refractivity contribution in [3.8, 4) is 23.0 Å². The molecule has 1 saturated heterocycles. The largest absolute Gasteiger partial charge is 0.465 e. The van der Waals surface area contributed by atoms with Gasteiger partial charge >= 0.3 is 11.9 Å². The Labute approximate surface area is 280 Å². The van der Waals surface area contributed by atoms with Crippen molar-refractivity contribution in [1.29, 1.82) is 0 Å². The molecule has 6 aliphatic carbocycles. The summed E-state index contributed by atoms with van der Waals surface area (Å²) in [5.41, 5.74) is 2.50. The third-order valence-corrected chi connectivity index (χ3v) is 13.4. The van der Waals surface area contributed by atoms with Gasteiger partial charge in [-0.3, -0.25) is 9.59 Å². The highest BCUT2D eigenvalue weighted by atomic mass is 16.7. The van der Waals surface area contributed by atoms with Crippen molar-refractivity contribution in [2.24, 2.45) is 71.0 Å². The van der Waals surface area contributed by atoms with Crippen LogP contribution in [0.4, 0.5) is 0 Å². The average molecular weight is 651 g/mol. The van der Waals surface area contributed by atoms with Gasteiger partial charge in [0, 0.05) is 24.7 Å². The van der Waals surface area contributed by atoms with Crippen LogP contribution in [0.2, 0.25) is 0 Å². The first-order valence-electron chi connectivity index (χ1n) is 18.1. The van der Waals surface area contributed by atoms with Gasteiger partial charge in [-0.25, -0.2) is 0 Å². The van der Waals surface area contributed by atoms with Crippen LogP contribution in [0.1, 0.15) is 36.8 Å². The van der Waals surface area contributed by atoms with Gasteiger partial charge in [0.2, 0.25) is 13.6 Å². The van der Waals surface area contributed by atoms with Gasteiger partial charge in [-0.05, 0) is 120 Å². The van der Waals surface area contributed by atoms with E-state index in [0.717, 1.165) is 35.8 Å². The first kappa shape index (κ1) is 29.0.